The first-order valence-corrected chi connectivity index (χ1v) is 10.1. The Morgan fingerprint density at radius 3 is 2.47 bits per heavy atom. The van der Waals surface area contributed by atoms with Gasteiger partial charge >= 0.3 is 5.97 Å². The number of carbonyl (C=O) groups excluding carboxylic acids is 2. The average molecular weight is 426 g/mol. The third-order valence-corrected chi connectivity index (χ3v) is 4.55. The summed E-state index contributed by atoms with van der Waals surface area (Å²) < 4.78 is 6.83. The molecule has 156 valence electrons. The molecule has 0 radical (unpaired) electrons. The first kappa shape index (κ1) is 21.6. The highest BCUT2D eigenvalue weighted by molar-refractivity contribution is 6.30. The lowest BCUT2D eigenvalue weighted by atomic mass is 10.1. The first-order valence-electron chi connectivity index (χ1n) is 9.77. The van der Waals surface area contributed by atoms with Crippen LogP contribution in [0.4, 0.5) is 0 Å². The molecule has 2 aromatic carbocycles. The van der Waals surface area contributed by atoms with Gasteiger partial charge in [0.2, 0.25) is 0 Å². The van der Waals surface area contributed by atoms with Crippen LogP contribution < -0.4 is 5.32 Å². The SMILES string of the molecule is CC(C)OC(=O)CCNC(=O)c1cn(Cc2ccccc2)nc1-c1ccc(Cl)cc1. The molecule has 0 aliphatic rings. The van der Waals surface area contributed by atoms with Crippen molar-refractivity contribution in [3.05, 3.63) is 76.9 Å². The molecule has 0 saturated heterocycles. The molecule has 0 aliphatic carbocycles. The molecule has 0 aliphatic heterocycles. The zero-order valence-corrected chi connectivity index (χ0v) is 17.7. The van der Waals surface area contributed by atoms with E-state index < -0.39 is 0 Å². The Kier molecular flexibility index (Phi) is 7.25. The summed E-state index contributed by atoms with van der Waals surface area (Å²) in [6, 6.07) is 17.1. The molecule has 3 rings (SSSR count). The second-order valence-corrected chi connectivity index (χ2v) is 7.56. The van der Waals surface area contributed by atoms with E-state index in [0.717, 1.165) is 11.1 Å². The van der Waals surface area contributed by atoms with Gasteiger partial charge in [0.25, 0.3) is 5.91 Å². The number of aromatic nitrogens is 2. The maximum Gasteiger partial charge on any atom is 0.307 e. The van der Waals surface area contributed by atoms with E-state index in [2.05, 4.69) is 10.4 Å². The van der Waals surface area contributed by atoms with Crippen LogP contribution in [0.1, 0.15) is 36.2 Å². The van der Waals surface area contributed by atoms with E-state index in [1.54, 1.807) is 36.9 Å². The van der Waals surface area contributed by atoms with Crippen molar-refractivity contribution in [3.63, 3.8) is 0 Å². The number of nitrogens with zero attached hydrogens (tertiary/aromatic N) is 2. The number of halogens is 1. The number of hydrogen-bond donors (Lipinski definition) is 1. The molecular formula is C23H24ClN3O3. The number of carbonyl (C=O) groups is 2. The largest absolute Gasteiger partial charge is 0.463 e. The number of esters is 1. The maximum absolute atomic E-state index is 12.8. The van der Waals surface area contributed by atoms with Crippen molar-refractivity contribution in [1.29, 1.82) is 0 Å². The Balaban J connectivity index is 1.79. The summed E-state index contributed by atoms with van der Waals surface area (Å²) in [7, 11) is 0. The van der Waals surface area contributed by atoms with Gasteiger partial charge in [-0.05, 0) is 31.5 Å². The van der Waals surface area contributed by atoms with Crippen LogP contribution in [-0.2, 0) is 16.1 Å². The molecule has 0 unspecified atom stereocenters. The van der Waals surface area contributed by atoms with Crippen molar-refractivity contribution < 1.29 is 14.3 Å². The average Bonchev–Trinajstić information content (AvgIpc) is 3.12. The molecule has 1 aromatic heterocycles. The van der Waals surface area contributed by atoms with Crippen LogP contribution in [0.15, 0.2) is 60.8 Å². The van der Waals surface area contributed by atoms with Gasteiger partial charge in [-0.3, -0.25) is 14.3 Å². The summed E-state index contributed by atoms with van der Waals surface area (Å²) in [5.41, 5.74) is 2.86. The van der Waals surface area contributed by atoms with Crippen LogP contribution in [0.25, 0.3) is 11.3 Å². The van der Waals surface area contributed by atoms with Gasteiger partial charge in [0.1, 0.15) is 5.69 Å². The predicted octanol–water partition coefficient (Wildman–Crippen LogP) is 4.32. The molecule has 30 heavy (non-hydrogen) atoms. The highest BCUT2D eigenvalue weighted by atomic mass is 35.5. The van der Waals surface area contributed by atoms with Crippen LogP contribution in [0, 0.1) is 0 Å². The molecule has 6 nitrogen and oxygen atoms in total. The van der Waals surface area contributed by atoms with Crippen molar-refractivity contribution in [3.8, 4) is 11.3 Å². The summed E-state index contributed by atoms with van der Waals surface area (Å²) in [6.07, 6.45) is 1.65. The van der Waals surface area contributed by atoms with Crippen LogP contribution in [0.3, 0.4) is 0 Å². The molecule has 0 saturated carbocycles. The number of ether oxygens (including phenoxy) is 1. The van der Waals surface area contributed by atoms with Crippen LogP contribution in [-0.4, -0.2) is 34.3 Å². The van der Waals surface area contributed by atoms with E-state index in [1.807, 2.05) is 42.5 Å². The van der Waals surface area contributed by atoms with Gasteiger partial charge in [0.05, 0.1) is 24.6 Å². The summed E-state index contributed by atoms with van der Waals surface area (Å²) in [5, 5.41) is 8.02. The van der Waals surface area contributed by atoms with Crippen LogP contribution in [0.2, 0.25) is 5.02 Å². The minimum Gasteiger partial charge on any atom is -0.463 e. The third kappa shape index (κ3) is 5.94. The fraction of sp³-hybridized carbons (Fsp3) is 0.261. The molecular weight excluding hydrogens is 402 g/mol. The van der Waals surface area contributed by atoms with Gasteiger partial charge in [-0.1, -0.05) is 54.1 Å². The Hall–Kier alpha value is -3.12. The Morgan fingerprint density at radius 1 is 1.10 bits per heavy atom. The zero-order valence-electron chi connectivity index (χ0n) is 17.0. The van der Waals surface area contributed by atoms with E-state index in [1.165, 1.54) is 0 Å². The maximum atomic E-state index is 12.8. The molecule has 0 fully saturated rings. The summed E-state index contributed by atoms with van der Waals surface area (Å²) in [5.74, 6) is -0.639. The Labute approximate surface area is 180 Å². The van der Waals surface area contributed by atoms with E-state index >= 15 is 0 Å². The Bertz CT molecular complexity index is 998. The van der Waals surface area contributed by atoms with Gasteiger partial charge in [0, 0.05) is 23.3 Å². The first-order chi connectivity index (χ1) is 14.4. The highest BCUT2D eigenvalue weighted by Gasteiger charge is 2.18. The van der Waals surface area contributed by atoms with Gasteiger partial charge in [-0.25, -0.2) is 0 Å². The summed E-state index contributed by atoms with van der Waals surface area (Å²) in [6.45, 7) is 4.30. The minimum absolute atomic E-state index is 0.109. The number of rotatable bonds is 8. The van der Waals surface area contributed by atoms with E-state index in [9.17, 15) is 9.59 Å². The summed E-state index contributed by atoms with van der Waals surface area (Å²) >= 11 is 6.00. The van der Waals surface area contributed by atoms with Crippen LogP contribution >= 0.6 is 11.6 Å². The van der Waals surface area contributed by atoms with Crippen molar-refractivity contribution in [2.75, 3.05) is 6.54 Å². The van der Waals surface area contributed by atoms with Gasteiger partial charge in [-0.15, -0.1) is 0 Å². The molecule has 3 aromatic rings. The highest BCUT2D eigenvalue weighted by Crippen LogP contribution is 2.24. The van der Waals surface area contributed by atoms with Crippen molar-refractivity contribution in [2.45, 2.75) is 32.9 Å². The third-order valence-electron chi connectivity index (χ3n) is 4.29. The molecule has 7 heteroatoms. The lowest BCUT2D eigenvalue weighted by Crippen LogP contribution is -2.27. The van der Waals surface area contributed by atoms with Crippen molar-refractivity contribution in [2.24, 2.45) is 0 Å². The number of amides is 1. The molecule has 1 N–H and O–H groups in total. The normalized spacial score (nSPS) is 10.8. The quantitative estimate of drug-likeness (QED) is 0.545. The Morgan fingerprint density at radius 2 is 1.80 bits per heavy atom. The monoisotopic (exact) mass is 425 g/mol. The molecule has 1 amide bonds. The predicted molar refractivity (Wildman–Crippen MR) is 116 cm³/mol. The summed E-state index contributed by atoms with van der Waals surface area (Å²) in [4.78, 5) is 24.5. The second kappa shape index (κ2) is 10.1. The van der Waals surface area contributed by atoms with Gasteiger partial charge in [0.15, 0.2) is 0 Å². The fourth-order valence-corrected chi connectivity index (χ4v) is 3.08. The van der Waals surface area contributed by atoms with Gasteiger partial charge in [-0.2, -0.15) is 5.10 Å². The van der Waals surface area contributed by atoms with Crippen molar-refractivity contribution in [1.82, 2.24) is 15.1 Å². The number of hydrogen-bond acceptors (Lipinski definition) is 4. The smallest absolute Gasteiger partial charge is 0.307 e. The fourth-order valence-electron chi connectivity index (χ4n) is 2.96. The molecule has 0 bridgehead atoms. The topological polar surface area (TPSA) is 73.2 Å². The van der Waals surface area contributed by atoms with Crippen LogP contribution in [0.5, 0.6) is 0 Å². The van der Waals surface area contributed by atoms with Crippen molar-refractivity contribution >= 4 is 23.5 Å². The lowest BCUT2D eigenvalue weighted by Gasteiger charge is -2.08. The van der Waals surface area contributed by atoms with E-state index in [0.29, 0.717) is 22.8 Å². The van der Waals surface area contributed by atoms with E-state index in [-0.39, 0.29) is 30.9 Å². The molecule has 0 atom stereocenters. The number of nitrogens with one attached hydrogen (secondary N) is 1. The molecule has 1 heterocycles. The standard InChI is InChI=1S/C23H24ClN3O3/c1-16(2)30-21(28)12-13-25-23(29)20-15-27(14-17-6-4-3-5-7-17)26-22(20)18-8-10-19(24)11-9-18/h3-11,15-16H,12-14H2,1-2H3,(H,25,29). The second-order valence-electron chi connectivity index (χ2n) is 7.13. The minimum atomic E-state index is -0.344. The number of benzene rings is 2. The zero-order chi connectivity index (χ0) is 21.5. The molecule has 0 spiro atoms. The van der Waals surface area contributed by atoms with E-state index in [4.69, 9.17) is 16.3 Å². The van der Waals surface area contributed by atoms with Gasteiger partial charge < -0.3 is 10.1 Å². The lowest BCUT2D eigenvalue weighted by molar-refractivity contribution is -0.147.